The molecule has 140 valence electrons. The number of rotatable bonds is 3. The van der Waals surface area contributed by atoms with E-state index in [1.165, 1.54) is 30.6 Å². The molecule has 1 saturated heterocycles. The average Bonchev–Trinajstić information content (AvgIpc) is 2.66. The first kappa shape index (κ1) is 17.5. The minimum atomic E-state index is -0.452. The molecule has 1 aliphatic heterocycles. The van der Waals surface area contributed by atoms with E-state index in [2.05, 4.69) is 15.0 Å². The first-order chi connectivity index (χ1) is 13.0. The summed E-state index contributed by atoms with van der Waals surface area (Å²) in [5, 5.41) is 0.430. The predicted octanol–water partition coefficient (Wildman–Crippen LogP) is 2.69. The Labute approximate surface area is 154 Å². The highest BCUT2D eigenvalue weighted by molar-refractivity contribution is 5.77. The number of nitrogens with zero attached hydrogens (tertiary/aromatic N) is 5. The second-order valence-corrected chi connectivity index (χ2v) is 6.87. The van der Waals surface area contributed by atoms with E-state index < -0.39 is 11.6 Å². The number of hydrogen-bond acceptors (Lipinski definition) is 5. The fourth-order valence-electron chi connectivity index (χ4n) is 3.56. The molecule has 0 bridgehead atoms. The zero-order chi connectivity index (χ0) is 19.0. The molecule has 8 heteroatoms. The van der Waals surface area contributed by atoms with Crippen molar-refractivity contribution in [3.8, 4) is 0 Å². The number of piperidine rings is 1. The third-order valence-electron chi connectivity index (χ3n) is 5.05. The number of benzene rings is 1. The summed E-state index contributed by atoms with van der Waals surface area (Å²) in [6, 6.07) is 4.06. The van der Waals surface area contributed by atoms with Crippen molar-refractivity contribution < 1.29 is 8.78 Å². The fraction of sp³-hybridized carbons (Fsp3) is 0.368. The maximum Gasteiger partial charge on any atom is 0.261 e. The average molecular weight is 371 g/mol. The van der Waals surface area contributed by atoms with Gasteiger partial charge in [-0.15, -0.1) is 0 Å². The second-order valence-electron chi connectivity index (χ2n) is 6.87. The Balaban J connectivity index is 1.50. The minimum Gasteiger partial charge on any atom is -0.341 e. The van der Waals surface area contributed by atoms with Crippen molar-refractivity contribution in [3.05, 3.63) is 58.4 Å². The second kappa shape index (κ2) is 7.02. The van der Waals surface area contributed by atoms with Crippen molar-refractivity contribution in [1.82, 2.24) is 19.5 Å². The lowest BCUT2D eigenvalue weighted by molar-refractivity contribution is 0.346. The molecule has 3 aromatic rings. The van der Waals surface area contributed by atoms with Crippen molar-refractivity contribution in [2.45, 2.75) is 26.3 Å². The normalized spacial score (nSPS) is 15.4. The molecular weight excluding hydrogens is 352 g/mol. The molecule has 1 aromatic carbocycles. The molecular formula is C19H19F2N5O. The Hall–Kier alpha value is -2.90. The zero-order valence-corrected chi connectivity index (χ0v) is 14.9. The first-order valence-electron chi connectivity index (χ1n) is 8.90. The Morgan fingerprint density at radius 1 is 1.11 bits per heavy atom. The summed E-state index contributed by atoms with van der Waals surface area (Å²) in [4.78, 5) is 27.2. The van der Waals surface area contributed by atoms with Crippen LogP contribution < -0.4 is 10.5 Å². The van der Waals surface area contributed by atoms with Crippen LogP contribution in [-0.4, -0.2) is 32.6 Å². The highest BCUT2D eigenvalue weighted by atomic mass is 19.1. The standard InChI is InChI=1S/C19H19F2N5O/c1-12-24-17-8-14(20)2-3-16(17)18(27)26(12)11-13-4-6-25(7-5-13)19-22-9-15(21)10-23-19/h2-3,8-10,13H,4-7,11H2,1H3. The van der Waals surface area contributed by atoms with E-state index in [1.807, 2.05) is 4.90 Å². The molecule has 4 rings (SSSR count). The van der Waals surface area contributed by atoms with E-state index in [0.29, 0.717) is 35.1 Å². The van der Waals surface area contributed by atoms with E-state index in [1.54, 1.807) is 11.5 Å². The molecule has 0 amide bonds. The third-order valence-corrected chi connectivity index (χ3v) is 5.05. The van der Waals surface area contributed by atoms with Gasteiger partial charge in [-0.3, -0.25) is 9.36 Å². The lowest BCUT2D eigenvalue weighted by atomic mass is 9.96. The Morgan fingerprint density at radius 3 is 2.52 bits per heavy atom. The molecule has 0 unspecified atom stereocenters. The Bertz CT molecular complexity index is 1030. The Kier molecular flexibility index (Phi) is 4.55. The summed E-state index contributed by atoms with van der Waals surface area (Å²) in [7, 11) is 0. The van der Waals surface area contributed by atoms with Gasteiger partial charge in [0.2, 0.25) is 5.95 Å². The van der Waals surface area contributed by atoms with Crippen LogP contribution >= 0.6 is 0 Å². The van der Waals surface area contributed by atoms with Crippen LogP contribution in [0.15, 0.2) is 35.4 Å². The summed E-state index contributed by atoms with van der Waals surface area (Å²) in [5.41, 5.74) is 0.249. The molecule has 0 aliphatic carbocycles. The van der Waals surface area contributed by atoms with Crippen LogP contribution in [-0.2, 0) is 6.54 Å². The summed E-state index contributed by atoms with van der Waals surface area (Å²) in [6.07, 6.45) is 4.07. The number of anilines is 1. The molecule has 0 radical (unpaired) electrons. The van der Waals surface area contributed by atoms with Gasteiger partial charge in [-0.1, -0.05) is 0 Å². The topological polar surface area (TPSA) is 63.9 Å². The van der Waals surface area contributed by atoms with Crippen LogP contribution in [0.1, 0.15) is 18.7 Å². The van der Waals surface area contributed by atoms with Crippen LogP contribution in [0.4, 0.5) is 14.7 Å². The van der Waals surface area contributed by atoms with Crippen molar-refractivity contribution >= 4 is 16.9 Å². The largest absolute Gasteiger partial charge is 0.341 e. The molecule has 1 aliphatic rings. The molecule has 1 fully saturated rings. The third kappa shape index (κ3) is 3.51. The number of aryl methyl sites for hydroxylation is 1. The van der Waals surface area contributed by atoms with Gasteiger partial charge in [0.05, 0.1) is 23.3 Å². The highest BCUT2D eigenvalue weighted by Crippen LogP contribution is 2.22. The molecule has 0 saturated carbocycles. The lowest BCUT2D eigenvalue weighted by Crippen LogP contribution is -2.37. The molecule has 27 heavy (non-hydrogen) atoms. The molecule has 6 nitrogen and oxygen atoms in total. The number of halogens is 2. The zero-order valence-electron chi connectivity index (χ0n) is 14.9. The van der Waals surface area contributed by atoms with Crippen LogP contribution in [0.25, 0.3) is 10.9 Å². The van der Waals surface area contributed by atoms with Gasteiger partial charge >= 0.3 is 0 Å². The molecule has 0 spiro atoms. The Morgan fingerprint density at radius 2 is 1.81 bits per heavy atom. The van der Waals surface area contributed by atoms with Crippen molar-refractivity contribution in [1.29, 1.82) is 0 Å². The summed E-state index contributed by atoms with van der Waals surface area (Å²) >= 11 is 0. The van der Waals surface area contributed by atoms with Crippen molar-refractivity contribution in [3.63, 3.8) is 0 Å². The maximum atomic E-state index is 13.4. The maximum absolute atomic E-state index is 13.4. The summed E-state index contributed by atoms with van der Waals surface area (Å²) in [5.74, 6) is 0.576. The summed E-state index contributed by atoms with van der Waals surface area (Å²) < 4.78 is 28.0. The molecule has 0 N–H and O–H groups in total. The smallest absolute Gasteiger partial charge is 0.261 e. The summed E-state index contributed by atoms with van der Waals surface area (Å²) in [6.45, 7) is 3.84. The van der Waals surface area contributed by atoms with Gasteiger partial charge in [-0.2, -0.15) is 0 Å². The van der Waals surface area contributed by atoms with Crippen LogP contribution in [0.3, 0.4) is 0 Å². The van der Waals surface area contributed by atoms with Gasteiger partial charge in [0.25, 0.3) is 5.56 Å². The van der Waals surface area contributed by atoms with E-state index >= 15 is 0 Å². The minimum absolute atomic E-state index is 0.137. The van der Waals surface area contributed by atoms with Gasteiger partial charge < -0.3 is 4.90 Å². The van der Waals surface area contributed by atoms with Crippen LogP contribution in [0.2, 0.25) is 0 Å². The first-order valence-corrected chi connectivity index (χ1v) is 8.90. The SMILES string of the molecule is Cc1nc2cc(F)ccc2c(=O)n1CC1CCN(c2ncc(F)cn2)CC1. The molecule has 3 heterocycles. The van der Waals surface area contributed by atoms with Gasteiger partial charge in [0.15, 0.2) is 5.82 Å². The molecule has 0 atom stereocenters. The van der Waals surface area contributed by atoms with Crippen molar-refractivity contribution in [2.75, 3.05) is 18.0 Å². The quantitative estimate of drug-likeness (QED) is 0.708. The highest BCUT2D eigenvalue weighted by Gasteiger charge is 2.22. The van der Waals surface area contributed by atoms with Crippen LogP contribution in [0.5, 0.6) is 0 Å². The predicted molar refractivity (Wildman–Crippen MR) is 97.6 cm³/mol. The lowest BCUT2D eigenvalue weighted by Gasteiger charge is -2.32. The number of hydrogen-bond donors (Lipinski definition) is 0. The number of aromatic nitrogens is 4. The monoisotopic (exact) mass is 371 g/mol. The van der Waals surface area contributed by atoms with Crippen LogP contribution in [0, 0.1) is 24.5 Å². The van der Waals surface area contributed by atoms with Gasteiger partial charge in [0.1, 0.15) is 11.6 Å². The molecule has 2 aromatic heterocycles. The fourth-order valence-corrected chi connectivity index (χ4v) is 3.56. The number of fused-ring (bicyclic) bond motifs is 1. The van der Waals surface area contributed by atoms with Gasteiger partial charge in [-0.25, -0.2) is 23.7 Å². The van der Waals surface area contributed by atoms with E-state index in [9.17, 15) is 13.6 Å². The van der Waals surface area contributed by atoms with E-state index in [4.69, 9.17) is 0 Å². The van der Waals surface area contributed by atoms with Gasteiger partial charge in [-0.05, 0) is 37.8 Å². The van der Waals surface area contributed by atoms with Crippen molar-refractivity contribution in [2.24, 2.45) is 5.92 Å². The van der Waals surface area contributed by atoms with E-state index in [-0.39, 0.29) is 5.56 Å². The van der Waals surface area contributed by atoms with Gasteiger partial charge in [0, 0.05) is 25.7 Å². The van der Waals surface area contributed by atoms with E-state index in [0.717, 1.165) is 25.9 Å².